The van der Waals surface area contributed by atoms with Gasteiger partial charge in [-0.2, -0.15) is 10.4 Å². The third kappa shape index (κ3) is 5.13. The maximum atomic E-state index is 12.8. The minimum absolute atomic E-state index is 0.0778. The molecule has 11 heteroatoms. The van der Waals surface area contributed by atoms with Crippen LogP contribution in [-0.4, -0.2) is 86.8 Å². The van der Waals surface area contributed by atoms with Crippen LogP contribution in [0.15, 0.2) is 23.3 Å². The minimum atomic E-state index is -2.88. The zero-order chi connectivity index (χ0) is 26.4. The number of amides is 1. The maximum absolute atomic E-state index is 12.8. The van der Waals surface area contributed by atoms with Crippen LogP contribution in [0, 0.1) is 35.0 Å². The molecule has 0 bridgehead atoms. The van der Waals surface area contributed by atoms with E-state index in [0.717, 1.165) is 31.0 Å². The number of nitrogens with zero attached hydrogens (tertiary/aromatic N) is 5. The number of fused-ring (bicyclic) bond motifs is 1. The first-order chi connectivity index (χ1) is 18.3. The predicted molar refractivity (Wildman–Crippen MR) is 147 cm³/mol. The van der Waals surface area contributed by atoms with Gasteiger partial charge in [0.1, 0.15) is 11.9 Å². The Morgan fingerprint density at radius 2 is 1.87 bits per heavy atom. The second-order valence-corrected chi connectivity index (χ2v) is 14.2. The summed E-state index contributed by atoms with van der Waals surface area (Å²) in [4.78, 5) is 17.3. The Hall–Kier alpha value is -2.35. The fourth-order valence-electron chi connectivity index (χ4n) is 6.96. The van der Waals surface area contributed by atoms with Crippen LogP contribution < -0.4 is 10.3 Å². The molecule has 0 radical (unpaired) electrons. The summed E-state index contributed by atoms with van der Waals surface area (Å²) < 4.78 is 23.2. The highest BCUT2D eigenvalue weighted by atomic mass is 35.5. The first-order valence-corrected chi connectivity index (χ1v) is 16.0. The van der Waals surface area contributed by atoms with Crippen molar-refractivity contribution in [2.45, 2.75) is 38.1 Å². The van der Waals surface area contributed by atoms with E-state index < -0.39 is 9.84 Å². The Labute approximate surface area is 229 Å². The number of anilines is 1. The summed E-state index contributed by atoms with van der Waals surface area (Å²) in [5.41, 5.74) is 1.41. The molecule has 2 saturated carbocycles. The fraction of sp³-hybridized carbons (Fsp3) is 0.667. The molecule has 3 aliphatic heterocycles. The number of hydrogen-bond acceptors (Lipinski definition) is 8. The van der Waals surface area contributed by atoms with Gasteiger partial charge >= 0.3 is 0 Å². The molecule has 2 saturated heterocycles. The number of sulfone groups is 1. The van der Waals surface area contributed by atoms with Crippen molar-refractivity contribution < 1.29 is 13.2 Å². The molecule has 9 nitrogen and oxygen atoms in total. The number of rotatable bonds is 6. The van der Waals surface area contributed by atoms with Crippen LogP contribution in [0.25, 0.3) is 0 Å². The van der Waals surface area contributed by atoms with Crippen molar-refractivity contribution in [1.29, 1.82) is 5.26 Å². The number of nitrogens with one attached hydrogen (secondary N) is 1. The Bertz CT molecular complexity index is 1250. The zero-order valence-corrected chi connectivity index (χ0v) is 23.1. The summed E-state index contributed by atoms with van der Waals surface area (Å²) in [5, 5.41) is 20.0. The zero-order valence-electron chi connectivity index (χ0n) is 21.6. The van der Waals surface area contributed by atoms with Gasteiger partial charge in [-0.25, -0.2) is 8.42 Å². The summed E-state index contributed by atoms with van der Waals surface area (Å²) in [6, 6.07) is 8.02. The van der Waals surface area contributed by atoms with Crippen LogP contribution in [0.5, 0.6) is 0 Å². The second kappa shape index (κ2) is 10.3. The summed E-state index contributed by atoms with van der Waals surface area (Å²) >= 11 is 6.37. The standard InChI is InChI=1S/C27H35ClN6O3S/c28-23-13-20(6-5-19(23)15-29)34-24(18-3-1-2-4-18)14-25(31-34)33-16-21-22(17-33)26(21)27(35)30-7-8-32-9-11-38(36,37)12-10-32/h5-6,13,18,21-22,24,26H,1-4,7-12,14,16-17H2,(H,30,35)/t21-,22+,24?,26?. The van der Waals surface area contributed by atoms with Crippen LogP contribution in [0.1, 0.15) is 37.7 Å². The molecule has 1 amide bonds. The van der Waals surface area contributed by atoms with E-state index in [1.807, 2.05) is 12.1 Å². The van der Waals surface area contributed by atoms with E-state index in [0.29, 0.717) is 60.6 Å². The molecule has 3 heterocycles. The third-order valence-electron chi connectivity index (χ3n) is 9.24. The van der Waals surface area contributed by atoms with E-state index in [9.17, 15) is 18.5 Å². The summed E-state index contributed by atoms with van der Waals surface area (Å²) in [5.74, 6) is 3.09. The number of nitriles is 1. The fourth-order valence-corrected chi connectivity index (χ4v) is 8.45. The van der Waals surface area contributed by atoms with Gasteiger partial charge in [0.05, 0.1) is 33.8 Å². The number of halogens is 1. The molecule has 0 aromatic heterocycles. The van der Waals surface area contributed by atoms with E-state index in [4.69, 9.17) is 16.7 Å². The highest BCUT2D eigenvalue weighted by Gasteiger charge is 2.60. The molecule has 5 aliphatic rings. The van der Waals surface area contributed by atoms with Crippen LogP contribution in [-0.2, 0) is 14.6 Å². The van der Waals surface area contributed by atoms with E-state index in [1.165, 1.54) is 25.7 Å². The SMILES string of the molecule is N#Cc1ccc(N2N=C(N3C[C@@H]4C(C(=O)NCCN5CCS(=O)(=O)CC5)[C@@H]4C3)CC2C2CCCC2)cc1Cl. The van der Waals surface area contributed by atoms with Crippen molar-refractivity contribution in [3.63, 3.8) is 0 Å². The summed E-state index contributed by atoms with van der Waals surface area (Å²) in [6.45, 7) is 4.10. The second-order valence-electron chi connectivity index (χ2n) is 11.5. The lowest BCUT2D eigenvalue weighted by Gasteiger charge is -2.28. The van der Waals surface area contributed by atoms with Crippen molar-refractivity contribution in [3.8, 4) is 6.07 Å². The van der Waals surface area contributed by atoms with E-state index in [2.05, 4.69) is 26.2 Å². The molecule has 0 spiro atoms. The number of hydrazone groups is 1. The van der Waals surface area contributed by atoms with Crippen molar-refractivity contribution >= 4 is 38.9 Å². The molecule has 2 aliphatic carbocycles. The highest BCUT2D eigenvalue weighted by molar-refractivity contribution is 7.91. The van der Waals surface area contributed by atoms with Gasteiger partial charge in [0.15, 0.2) is 9.84 Å². The largest absolute Gasteiger partial charge is 0.358 e. The molecule has 4 fully saturated rings. The predicted octanol–water partition coefficient (Wildman–Crippen LogP) is 2.32. The molecule has 38 heavy (non-hydrogen) atoms. The van der Waals surface area contributed by atoms with Crippen molar-refractivity contribution in [2.24, 2.45) is 28.8 Å². The summed E-state index contributed by atoms with van der Waals surface area (Å²) in [7, 11) is -2.88. The number of carbonyl (C=O) groups excluding carboxylic acids is 1. The third-order valence-corrected chi connectivity index (χ3v) is 11.2. The van der Waals surface area contributed by atoms with Gasteiger partial charge in [-0.3, -0.25) is 14.7 Å². The molecule has 2 unspecified atom stereocenters. The lowest BCUT2D eigenvalue weighted by Crippen LogP contribution is -2.44. The Morgan fingerprint density at radius 3 is 2.53 bits per heavy atom. The number of benzene rings is 1. The smallest absolute Gasteiger partial charge is 0.223 e. The van der Waals surface area contributed by atoms with Gasteiger partial charge in [-0.15, -0.1) is 0 Å². The molecule has 1 aromatic carbocycles. The topological polar surface area (TPSA) is 109 Å². The monoisotopic (exact) mass is 558 g/mol. The van der Waals surface area contributed by atoms with Gasteiger partial charge in [0.25, 0.3) is 0 Å². The first-order valence-electron chi connectivity index (χ1n) is 13.8. The molecular formula is C27H35ClN6O3S. The molecule has 1 N–H and O–H groups in total. The Kier molecular flexibility index (Phi) is 7.04. The van der Waals surface area contributed by atoms with Gasteiger partial charge < -0.3 is 10.2 Å². The average Bonchev–Trinajstić information content (AvgIpc) is 3.39. The average molecular weight is 559 g/mol. The van der Waals surface area contributed by atoms with Gasteiger partial charge in [-0.05, 0) is 48.8 Å². The minimum Gasteiger partial charge on any atom is -0.358 e. The van der Waals surface area contributed by atoms with E-state index >= 15 is 0 Å². The maximum Gasteiger partial charge on any atom is 0.223 e. The molecule has 1 aromatic rings. The Morgan fingerprint density at radius 1 is 1.16 bits per heavy atom. The van der Waals surface area contributed by atoms with Crippen LogP contribution in [0.2, 0.25) is 5.02 Å². The Balaban J connectivity index is 1.04. The van der Waals surface area contributed by atoms with E-state index in [-0.39, 0.29) is 23.3 Å². The van der Waals surface area contributed by atoms with Crippen LogP contribution >= 0.6 is 11.6 Å². The molecule has 204 valence electrons. The molecule has 6 rings (SSSR count). The number of piperidine rings is 1. The molecule has 4 atom stereocenters. The highest BCUT2D eigenvalue weighted by Crippen LogP contribution is 2.52. The summed E-state index contributed by atoms with van der Waals surface area (Å²) in [6.07, 6.45) is 5.87. The number of amidine groups is 1. The first kappa shape index (κ1) is 25.9. The number of carbonyl (C=O) groups is 1. The number of hydrogen-bond donors (Lipinski definition) is 1. The lowest BCUT2D eigenvalue weighted by molar-refractivity contribution is -0.123. The van der Waals surface area contributed by atoms with Crippen molar-refractivity contribution in [1.82, 2.24) is 15.1 Å². The number of likely N-dealkylation sites (tertiary alicyclic amines) is 1. The van der Waals surface area contributed by atoms with Gasteiger partial charge in [0.2, 0.25) is 5.91 Å². The van der Waals surface area contributed by atoms with Crippen molar-refractivity contribution in [3.05, 3.63) is 28.8 Å². The molecular weight excluding hydrogens is 524 g/mol. The van der Waals surface area contributed by atoms with Gasteiger partial charge in [-0.1, -0.05) is 24.4 Å². The quantitative estimate of drug-likeness (QED) is 0.570. The van der Waals surface area contributed by atoms with E-state index in [1.54, 1.807) is 6.07 Å². The van der Waals surface area contributed by atoms with Gasteiger partial charge in [0, 0.05) is 51.6 Å². The van der Waals surface area contributed by atoms with Crippen LogP contribution in [0.3, 0.4) is 0 Å². The van der Waals surface area contributed by atoms with Crippen LogP contribution in [0.4, 0.5) is 5.69 Å². The normalized spacial score (nSPS) is 30.7. The van der Waals surface area contributed by atoms with Crippen molar-refractivity contribution in [2.75, 3.05) is 55.8 Å². The lowest BCUT2D eigenvalue weighted by atomic mass is 9.94.